The summed E-state index contributed by atoms with van der Waals surface area (Å²) in [5.41, 5.74) is 0.396. The zero-order chi connectivity index (χ0) is 21.0. The summed E-state index contributed by atoms with van der Waals surface area (Å²) in [5, 5.41) is 11.8. The number of aromatic hydroxyl groups is 1. The minimum atomic E-state index is -3.68. The third-order valence-electron chi connectivity index (χ3n) is 5.73. The zero-order valence-electron chi connectivity index (χ0n) is 16.0. The maximum absolute atomic E-state index is 13.4. The summed E-state index contributed by atoms with van der Waals surface area (Å²) in [5.74, 6) is -0.120. The van der Waals surface area contributed by atoms with Crippen molar-refractivity contribution in [2.24, 2.45) is 10.9 Å². The lowest BCUT2D eigenvalue weighted by atomic mass is 10.1. The van der Waals surface area contributed by atoms with Crippen LogP contribution >= 0.6 is 11.6 Å². The summed E-state index contributed by atoms with van der Waals surface area (Å²) in [6, 6.07) is 11.4. The van der Waals surface area contributed by atoms with Crippen molar-refractivity contribution in [1.82, 2.24) is 4.57 Å². The molecule has 0 spiro atoms. The maximum atomic E-state index is 13.4. The van der Waals surface area contributed by atoms with E-state index in [0.29, 0.717) is 28.4 Å². The Balaban J connectivity index is 1.77. The van der Waals surface area contributed by atoms with Crippen molar-refractivity contribution in [2.45, 2.75) is 30.7 Å². The van der Waals surface area contributed by atoms with Crippen LogP contribution in [0.25, 0.3) is 10.9 Å². The van der Waals surface area contributed by atoms with E-state index in [4.69, 9.17) is 11.6 Å². The van der Waals surface area contributed by atoms with Crippen LogP contribution in [0.15, 0.2) is 57.1 Å². The van der Waals surface area contributed by atoms with Crippen LogP contribution in [0, 0.1) is 5.92 Å². The van der Waals surface area contributed by atoms with Crippen LogP contribution in [-0.2, 0) is 16.4 Å². The topological polar surface area (TPSA) is 88.7 Å². The first kappa shape index (κ1) is 19.3. The largest absolute Gasteiger partial charge is 0.506 e. The molecule has 3 aromatic rings. The molecule has 0 saturated heterocycles. The highest BCUT2D eigenvalue weighted by atomic mass is 35.5. The van der Waals surface area contributed by atoms with Crippen LogP contribution in [0.3, 0.4) is 0 Å². The normalized spacial score (nSPS) is 17.6. The summed E-state index contributed by atoms with van der Waals surface area (Å²) < 4.78 is 27.2. The van der Waals surface area contributed by atoms with E-state index in [1.807, 2.05) is 0 Å². The number of fused-ring (bicyclic) bond motifs is 2. The first-order chi connectivity index (χ1) is 14.3. The molecule has 0 unspecified atom stereocenters. The van der Waals surface area contributed by atoms with Gasteiger partial charge in [0.25, 0.3) is 5.56 Å². The first-order valence-corrected chi connectivity index (χ1v) is 11.8. The summed E-state index contributed by atoms with van der Waals surface area (Å²) in [7, 11) is -3.68. The van der Waals surface area contributed by atoms with Gasteiger partial charge in [0.15, 0.2) is 9.84 Å². The van der Waals surface area contributed by atoms with Crippen molar-refractivity contribution in [1.29, 1.82) is 0 Å². The highest BCUT2D eigenvalue weighted by Crippen LogP contribution is 2.36. The molecule has 154 valence electrons. The van der Waals surface area contributed by atoms with Gasteiger partial charge in [0.1, 0.15) is 11.3 Å². The van der Waals surface area contributed by atoms with Crippen molar-refractivity contribution in [3.63, 3.8) is 0 Å². The molecule has 1 N–H and O–H groups in total. The SMILES string of the molecule is O=c1c(C2=Nc3ccccc3S(=O)(=O)C2)c(O)c2cc(Cl)ccc2n1CCC1CC1. The van der Waals surface area contributed by atoms with E-state index in [-0.39, 0.29) is 27.6 Å². The van der Waals surface area contributed by atoms with E-state index in [0.717, 1.165) is 19.3 Å². The van der Waals surface area contributed by atoms with E-state index in [1.165, 1.54) is 6.07 Å². The van der Waals surface area contributed by atoms with Gasteiger partial charge in [0.05, 0.1) is 27.6 Å². The molecule has 2 heterocycles. The van der Waals surface area contributed by atoms with Crippen LogP contribution in [0.5, 0.6) is 5.75 Å². The quantitative estimate of drug-likeness (QED) is 0.659. The fourth-order valence-electron chi connectivity index (χ4n) is 3.99. The number of pyridine rings is 1. The number of aromatic nitrogens is 1. The van der Waals surface area contributed by atoms with Crippen LogP contribution in [0.1, 0.15) is 24.8 Å². The van der Waals surface area contributed by atoms with Gasteiger partial charge in [-0.1, -0.05) is 36.6 Å². The van der Waals surface area contributed by atoms with Crippen LogP contribution in [0.4, 0.5) is 5.69 Å². The van der Waals surface area contributed by atoms with Crippen LogP contribution in [-0.4, -0.2) is 29.6 Å². The Hall–Kier alpha value is -2.64. The van der Waals surface area contributed by atoms with Gasteiger partial charge >= 0.3 is 0 Å². The monoisotopic (exact) mass is 442 g/mol. The molecular formula is C22H19ClN2O4S. The number of halogens is 1. The third-order valence-corrected chi connectivity index (χ3v) is 7.63. The molecule has 1 aliphatic carbocycles. The molecule has 1 fully saturated rings. The van der Waals surface area contributed by atoms with Gasteiger partial charge in [-0.05, 0) is 42.7 Å². The molecule has 0 bridgehead atoms. The molecule has 2 aromatic carbocycles. The Kier molecular flexibility index (Phi) is 4.48. The number of hydrogen-bond donors (Lipinski definition) is 1. The second-order valence-corrected chi connectivity index (χ2v) is 10.3. The highest BCUT2D eigenvalue weighted by molar-refractivity contribution is 7.92. The van der Waals surface area contributed by atoms with E-state index < -0.39 is 21.1 Å². The van der Waals surface area contributed by atoms with Crippen molar-refractivity contribution in [3.05, 3.63) is 63.4 Å². The van der Waals surface area contributed by atoms with Crippen molar-refractivity contribution in [2.75, 3.05) is 5.75 Å². The Labute approximate surface area is 178 Å². The molecule has 0 amide bonds. The number of aryl methyl sites for hydroxylation is 1. The number of para-hydroxylation sites is 1. The van der Waals surface area contributed by atoms with E-state index in [1.54, 1.807) is 41.0 Å². The maximum Gasteiger partial charge on any atom is 0.263 e. The number of benzene rings is 2. The van der Waals surface area contributed by atoms with Gasteiger partial charge < -0.3 is 9.67 Å². The minimum absolute atomic E-state index is 0.0539. The van der Waals surface area contributed by atoms with Gasteiger partial charge in [0.2, 0.25) is 0 Å². The summed E-state index contributed by atoms with van der Waals surface area (Å²) >= 11 is 6.15. The van der Waals surface area contributed by atoms with Crippen molar-refractivity contribution < 1.29 is 13.5 Å². The standard InChI is InChI=1S/C22H19ClN2O4S/c23-14-7-8-18-15(11-14)21(26)20(22(27)25(18)10-9-13-5-6-13)17-12-30(28,29)19-4-2-1-3-16(19)24-17/h1-4,7-8,11,13,26H,5-6,9-10,12H2. The minimum Gasteiger partial charge on any atom is -0.506 e. The van der Waals surface area contributed by atoms with Crippen molar-refractivity contribution in [3.8, 4) is 5.75 Å². The average molecular weight is 443 g/mol. The van der Waals surface area contributed by atoms with Gasteiger partial charge in [-0.15, -0.1) is 0 Å². The second-order valence-electron chi connectivity index (χ2n) is 7.86. The molecular weight excluding hydrogens is 424 g/mol. The Bertz CT molecular complexity index is 1390. The van der Waals surface area contributed by atoms with Crippen molar-refractivity contribution >= 4 is 43.7 Å². The number of rotatable bonds is 4. The lowest BCUT2D eigenvalue weighted by Crippen LogP contribution is -2.31. The van der Waals surface area contributed by atoms with E-state index >= 15 is 0 Å². The first-order valence-electron chi connectivity index (χ1n) is 9.80. The molecule has 0 atom stereocenters. The zero-order valence-corrected chi connectivity index (χ0v) is 17.6. The summed E-state index contributed by atoms with van der Waals surface area (Å²) in [4.78, 5) is 18.0. The predicted octanol–water partition coefficient (Wildman–Crippen LogP) is 4.07. The molecule has 2 aliphatic rings. The fraction of sp³-hybridized carbons (Fsp3) is 0.273. The average Bonchev–Trinajstić information content (AvgIpc) is 3.52. The predicted molar refractivity (Wildman–Crippen MR) is 117 cm³/mol. The lowest BCUT2D eigenvalue weighted by molar-refractivity contribution is 0.476. The summed E-state index contributed by atoms with van der Waals surface area (Å²) in [6.07, 6.45) is 3.17. The van der Waals surface area contributed by atoms with Gasteiger partial charge in [-0.3, -0.25) is 9.79 Å². The molecule has 1 saturated carbocycles. The number of nitrogens with zero attached hydrogens (tertiary/aromatic N) is 2. The Morgan fingerprint density at radius 2 is 1.93 bits per heavy atom. The van der Waals surface area contributed by atoms with E-state index in [2.05, 4.69) is 4.99 Å². The highest BCUT2D eigenvalue weighted by Gasteiger charge is 2.31. The Morgan fingerprint density at radius 3 is 2.70 bits per heavy atom. The molecule has 8 heteroatoms. The number of hydrogen-bond acceptors (Lipinski definition) is 5. The second kappa shape index (κ2) is 6.96. The fourth-order valence-corrected chi connectivity index (χ4v) is 5.60. The molecule has 5 rings (SSSR count). The molecule has 0 radical (unpaired) electrons. The van der Waals surface area contributed by atoms with Crippen LogP contribution < -0.4 is 5.56 Å². The van der Waals surface area contributed by atoms with Crippen LogP contribution in [0.2, 0.25) is 5.02 Å². The van der Waals surface area contributed by atoms with E-state index in [9.17, 15) is 18.3 Å². The smallest absolute Gasteiger partial charge is 0.263 e. The molecule has 30 heavy (non-hydrogen) atoms. The Morgan fingerprint density at radius 1 is 1.17 bits per heavy atom. The molecule has 1 aliphatic heterocycles. The third kappa shape index (κ3) is 3.22. The molecule has 1 aromatic heterocycles. The number of aliphatic imine (C=N–C) groups is 1. The van der Waals surface area contributed by atoms with Gasteiger partial charge in [0, 0.05) is 17.0 Å². The van der Waals surface area contributed by atoms with Gasteiger partial charge in [-0.25, -0.2) is 8.42 Å². The number of sulfone groups is 1. The van der Waals surface area contributed by atoms with Gasteiger partial charge in [-0.2, -0.15) is 0 Å². The lowest BCUT2D eigenvalue weighted by Gasteiger charge is -2.19. The molecule has 6 nitrogen and oxygen atoms in total. The summed E-state index contributed by atoms with van der Waals surface area (Å²) in [6.45, 7) is 0.492.